The summed E-state index contributed by atoms with van der Waals surface area (Å²) in [5, 5.41) is 9.95. The second kappa shape index (κ2) is 8.53. The molecule has 0 heterocycles. The molecular weight excluding hydrogens is 378 g/mol. The lowest BCUT2D eigenvalue weighted by molar-refractivity contribution is -0.141. The minimum absolute atomic E-state index is 0.0117. The Morgan fingerprint density at radius 1 is 1.15 bits per heavy atom. The van der Waals surface area contributed by atoms with E-state index in [1.807, 2.05) is 6.92 Å². The fourth-order valence-corrected chi connectivity index (χ4v) is 3.86. The van der Waals surface area contributed by atoms with Gasteiger partial charge in [-0.1, -0.05) is 23.7 Å². The highest BCUT2D eigenvalue weighted by Gasteiger charge is 2.32. The van der Waals surface area contributed by atoms with Gasteiger partial charge in [0.15, 0.2) is 0 Å². The number of carbonyl (C=O) groups is 1. The molecule has 0 fully saturated rings. The highest BCUT2D eigenvalue weighted by molar-refractivity contribution is 7.89. The molecule has 2 aromatic carbocycles. The van der Waals surface area contributed by atoms with Crippen molar-refractivity contribution < 1.29 is 23.1 Å². The number of nitrogens with zero attached hydrogens (tertiary/aromatic N) is 1. The van der Waals surface area contributed by atoms with Crippen molar-refractivity contribution in [3.8, 4) is 5.75 Å². The first-order chi connectivity index (χ1) is 12.3. The molecule has 26 heavy (non-hydrogen) atoms. The first kappa shape index (κ1) is 20.2. The van der Waals surface area contributed by atoms with Crippen LogP contribution in [-0.2, 0) is 21.2 Å². The van der Waals surface area contributed by atoms with Crippen LogP contribution in [0.15, 0.2) is 53.4 Å². The zero-order valence-corrected chi connectivity index (χ0v) is 16.0. The van der Waals surface area contributed by atoms with Crippen molar-refractivity contribution in [2.75, 3.05) is 13.7 Å². The summed E-state index contributed by atoms with van der Waals surface area (Å²) in [7, 11) is -2.71. The zero-order chi connectivity index (χ0) is 19.3. The van der Waals surface area contributed by atoms with E-state index in [1.54, 1.807) is 24.3 Å². The smallest absolute Gasteiger partial charge is 0.322 e. The van der Waals surface area contributed by atoms with Crippen molar-refractivity contribution in [2.45, 2.75) is 24.3 Å². The van der Waals surface area contributed by atoms with Gasteiger partial charge < -0.3 is 9.84 Å². The number of aliphatic carboxylic acids is 1. The fraction of sp³-hybridized carbons (Fsp3) is 0.278. The van der Waals surface area contributed by atoms with E-state index in [4.69, 9.17) is 16.3 Å². The van der Waals surface area contributed by atoms with Gasteiger partial charge in [-0.15, -0.1) is 0 Å². The lowest BCUT2D eigenvalue weighted by Gasteiger charge is -2.24. The second-order valence-electron chi connectivity index (χ2n) is 5.61. The molecule has 0 radical (unpaired) electrons. The van der Waals surface area contributed by atoms with Crippen LogP contribution in [0.1, 0.15) is 12.5 Å². The van der Waals surface area contributed by atoms with Gasteiger partial charge >= 0.3 is 5.97 Å². The minimum atomic E-state index is -3.97. The van der Waals surface area contributed by atoms with Gasteiger partial charge in [0.2, 0.25) is 10.0 Å². The van der Waals surface area contributed by atoms with Crippen LogP contribution in [0.4, 0.5) is 0 Å². The number of benzene rings is 2. The van der Waals surface area contributed by atoms with E-state index in [0.29, 0.717) is 22.9 Å². The Morgan fingerprint density at radius 3 is 2.23 bits per heavy atom. The predicted octanol–water partition coefficient (Wildman–Crippen LogP) is 3.06. The third kappa shape index (κ3) is 4.75. The van der Waals surface area contributed by atoms with Crippen LogP contribution in [0.5, 0.6) is 5.75 Å². The Morgan fingerprint density at radius 2 is 1.73 bits per heavy atom. The quantitative estimate of drug-likeness (QED) is 0.740. The number of carboxylic acid groups (broad SMARTS) is 1. The fourth-order valence-electron chi connectivity index (χ4n) is 2.42. The molecule has 0 unspecified atom stereocenters. The maximum absolute atomic E-state index is 12.7. The Balaban J connectivity index is 2.25. The Kier molecular flexibility index (Phi) is 6.63. The molecule has 0 amide bonds. The van der Waals surface area contributed by atoms with Gasteiger partial charge in [0.25, 0.3) is 0 Å². The van der Waals surface area contributed by atoms with E-state index in [0.717, 1.165) is 4.31 Å². The monoisotopic (exact) mass is 397 g/mol. The number of sulfonamides is 1. The molecule has 0 aliphatic heterocycles. The molecular formula is C18H20ClNO5S. The SMILES string of the molecule is CCOc1ccc(C[C@H](C(=O)O)N(C)S(=O)(=O)c2ccc(Cl)cc2)cc1. The molecule has 0 spiro atoms. The molecule has 1 atom stereocenters. The molecule has 8 heteroatoms. The molecule has 0 saturated heterocycles. The molecule has 0 bridgehead atoms. The van der Waals surface area contributed by atoms with Crippen LogP contribution in [0.2, 0.25) is 5.02 Å². The lowest BCUT2D eigenvalue weighted by atomic mass is 10.1. The predicted molar refractivity (Wildman–Crippen MR) is 99.1 cm³/mol. The standard InChI is InChI=1S/C18H20ClNO5S/c1-3-25-15-8-4-13(5-9-15)12-17(18(21)22)20(2)26(23,24)16-10-6-14(19)7-11-16/h4-11,17H,3,12H2,1-2H3,(H,21,22)/t17-/m1/s1. The Hall–Kier alpha value is -2.09. The Labute approximate surface area is 158 Å². The summed E-state index contributed by atoms with van der Waals surface area (Å²) in [5.41, 5.74) is 0.694. The lowest BCUT2D eigenvalue weighted by Crippen LogP contribution is -2.43. The normalized spacial score (nSPS) is 12.8. The highest BCUT2D eigenvalue weighted by Crippen LogP contribution is 2.22. The summed E-state index contributed by atoms with van der Waals surface area (Å²) in [5.74, 6) is -0.552. The van der Waals surface area contributed by atoms with E-state index in [-0.39, 0.29) is 11.3 Å². The molecule has 6 nitrogen and oxygen atoms in total. The van der Waals surface area contributed by atoms with Gasteiger partial charge in [-0.25, -0.2) is 8.42 Å². The minimum Gasteiger partial charge on any atom is -0.494 e. The maximum atomic E-state index is 12.7. The van der Waals surface area contributed by atoms with Crippen molar-refractivity contribution in [3.63, 3.8) is 0 Å². The van der Waals surface area contributed by atoms with Crippen LogP contribution in [-0.4, -0.2) is 43.5 Å². The van der Waals surface area contributed by atoms with E-state index in [1.165, 1.54) is 31.3 Å². The number of hydrogen-bond donors (Lipinski definition) is 1. The number of hydrogen-bond acceptors (Lipinski definition) is 4. The molecule has 140 valence electrons. The molecule has 2 aromatic rings. The van der Waals surface area contributed by atoms with Crippen LogP contribution >= 0.6 is 11.6 Å². The van der Waals surface area contributed by atoms with Gasteiger partial charge in [-0.3, -0.25) is 4.79 Å². The van der Waals surface area contributed by atoms with Gasteiger partial charge in [-0.2, -0.15) is 4.31 Å². The van der Waals surface area contributed by atoms with Gasteiger partial charge in [0.05, 0.1) is 11.5 Å². The van der Waals surface area contributed by atoms with Crippen LogP contribution in [0, 0.1) is 0 Å². The summed E-state index contributed by atoms with van der Waals surface area (Å²) >= 11 is 5.78. The average Bonchev–Trinajstić information content (AvgIpc) is 2.61. The van der Waals surface area contributed by atoms with Crippen LogP contribution < -0.4 is 4.74 Å². The topological polar surface area (TPSA) is 83.9 Å². The summed E-state index contributed by atoms with van der Waals surface area (Å²) in [6.45, 7) is 2.39. The van der Waals surface area contributed by atoms with Crippen molar-refractivity contribution in [3.05, 3.63) is 59.1 Å². The first-order valence-corrected chi connectivity index (χ1v) is 9.75. The molecule has 0 saturated carbocycles. The van der Waals surface area contributed by atoms with Crippen molar-refractivity contribution in [1.82, 2.24) is 4.31 Å². The van der Waals surface area contributed by atoms with Crippen molar-refractivity contribution in [1.29, 1.82) is 0 Å². The molecule has 0 aromatic heterocycles. The number of carboxylic acids is 1. The number of ether oxygens (including phenoxy) is 1. The van der Waals surface area contributed by atoms with Crippen molar-refractivity contribution >= 4 is 27.6 Å². The molecule has 0 aliphatic rings. The number of likely N-dealkylation sites (N-methyl/N-ethyl adjacent to an activating group) is 1. The molecule has 2 rings (SSSR count). The largest absolute Gasteiger partial charge is 0.494 e. The molecule has 0 aliphatic carbocycles. The zero-order valence-electron chi connectivity index (χ0n) is 14.4. The summed E-state index contributed by atoms with van der Waals surface area (Å²) in [6.07, 6.45) is 0.0328. The van der Waals surface area contributed by atoms with Gasteiger partial charge in [0.1, 0.15) is 11.8 Å². The number of halogens is 1. The molecule has 1 N–H and O–H groups in total. The van der Waals surface area contributed by atoms with E-state index in [9.17, 15) is 18.3 Å². The summed E-state index contributed by atoms with van der Waals surface area (Å²) in [6, 6.07) is 11.3. The number of rotatable bonds is 8. The maximum Gasteiger partial charge on any atom is 0.322 e. The van der Waals surface area contributed by atoms with Gasteiger partial charge in [0, 0.05) is 12.1 Å². The van der Waals surface area contributed by atoms with Crippen LogP contribution in [0.3, 0.4) is 0 Å². The second-order valence-corrected chi connectivity index (χ2v) is 8.04. The summed E-state index contributed by atoms with van der Waals surface area (Å²) < 4.78 is 31.7. The average molecular weight is 398 g/mol. The van der Waals surface area contributed by atoms with E-state index in [2.05, 4.69) is 0 Å². The van der Waals surface area contributed by atoms with E-state index >= 15 is 0 Å². The van der Waals surface area contributed by atoms with Crippen LogP contribution in [0.25, 0.3) is 0 Å². The van der Waals surface area contributed by atoms with E-state index < -0.39 is 22.0 Å². The summed E-state index contributed by atoms with van der Waals surface area (Å²) in [4.78, 5) is 11.7. The first-order valence-electron chi connectivity index (χ1n) is 7.94. The third-order valence-corrected chi connectivity index (χ3v) is 6.01. The third-order valence-electron chi connectivity index (χ3n) is 3.88. The van der Waals surface area contributed by atoms with Crippen molar-refractivity contribution in [2.24, 2.45) is 0 Å². The van der Waals surface area contributed by atoms with Gasteiger partial charge in [-0.05, 0) is 55.3 Å². The Bertz CT molecular complexity index is 850. The highest BCUT2D eigenvalue weighted by atomic mass is 35.5.